The summed E-state index contributed by atoms with van der Waals surface area (Å²) >= 11 is 0. The smallest absolute Gasteiger partial charge is 0.410 e. The number of hydrogen-bond donors (Lipinski definition) is 0. The van der Waals surface area contributed by atoms with Crippen molar-refractivity contribution in [1.82, 2.24) is 9.80 Å². The number of anilines is 1. The van der Waals surface area contributed by atoms with Crippen LogP contribution >= 0.6 is 0 Å². The number of hydrogen-bond acceptors (Lipinski definition) is 6. The molecule has 2 amide bonds. The van der Waals surface area contributed by atoms with Crippen molar-refractivity contribution in [2.24, 2.45) is 0 Å². The number of carbonyl (C=O) groups excluding carboxylic acids is 2. The van der Waals surface area contributed by atoms with Crippen molar-refractivity contribution in [2.45, 2.75) is 32.5 Å². The molecule has 2 fully saturated rings. The van der Waals surface area contributed by atoms with E-state index in [0.717, 1.165) is 5.69 Å². The van der Waals surface area contributed by atoms with E-state index in [4.69, 9.17) is 14.2 Å². The highest BCUT2D eigenvalue weighted by atomic mass is 19.1. The average molecular weight is 423 g/mol. The van der Waals surface area contributed by atoms with Crippen molar-refractivity contribution in [3.05, 3.63) is 30.1 Å². The fourth-order valence-corrected chi connectivity index (χ4v) is 3.37. The molecule has 0 aromatic heterocycles. The third kappa shape index (κ3) is 6.22. The van der Waals surface area contributed by atoms with Crippen LogP contribution in [0.25, 0.3) is 0 Å². The molecular formula is C21H30FN3O5. The highest BCUT2D eigenvalue weighted by Gasteiger charge is 2.30. The van der Waals surface area contributed by atoms with Crippen LogP contribution in [-0.2, 0) is 14.2 Å². The van der Waals surface area contributed by atoms with Crippen molar-refractivity contribution in [2.75, 3.05) is 57.4 Å². The highest BCUT2D eigenvalue weighted by molar-refractivity contribution is 5.69. The van der Waals surface area contributed by atoms with Gasteiger partial charge in [0.2, 0.25) is 0 Å². The molecule has 166 valence electrons. The summed E-state index contributed by atoms with van der Waals surface area (Å²) < 4.78 is 29.5. The van der Waals surface area contributed by atoms with Gasteiger partial charge in [-0.25, -0.2) is 14.0 Å². The van der Waals surface area contributed by atoms with Gasteiger partial charge in [0.1, 0.15) is 24.1 Å². The fraction of sp³-hybridized carbons (Fsp3) is 0.619. The number of piperazine rings is 1. The SMILES string of the molecule is CC(C)(C)OC(=O)N1CCO[C@H](COC(=O)N2CCN(c3ccc(F)cc3)CC2)C1. The molecule has 0 N–H and O–H groups in total. The van der Waals surface area contributed by atoms with Crippen LogP contribution < -0.4 is 4.90 Å². The molecule has 0 spiro atoms. The van der Waals surface area contributed by atoms with Gasteiger partial charge in [0.15, 0.2) is 0 Å². The second-order valence-electron chi connectivity index (χ2n) is 8.45. The first-order valence-electron chi connectivity index (χ1n) is 10.2. The summed E-state index contributed by atoms with van der Waals surface area (Å²) in [5.74, 6) is -0.267. The van der Waals surface area contributed by atoms with Crippen molar-refractivity contribution in [1.29, 1.82) is 0 Å². The summed E-state index contributed by atoms with van der Waals surface area (Å²) in [6.45, 7) is 9.01. The number of benzene rings is 1. The number of carbonyl (C=O) groups is 2. The monoisotopic (exact) mass is 423 g/mol. The van der Waals surface area contributed by atoms with Crippen LogP contribution in [0.2, 0.25) is 0 Å². The number of ether oxygens (including phenoxy) is 3. The van der Waals surface area contributed by atoms with Gasteiger partial charge in [0, 0.05) is 38.4 Å². The van der Waals surface area contributed by atoms with Crippen LogP contribution in [0.5, 0.6) is 0 Å². The van der Waals surface area contributed by atoms with Crippen molar-refractivity contribution in [3.63, 3.8) is 0 Å². The second-order valence-corrected chi connectivity index (χ2v) is 8.45. The van der Waals surface area contributed by atoms with Crippen LogP contribution in [0.3, 0.4) is 0 Å². The van der Waals surface area contributed by atoms with Gasteiger partial charge < -0.3 is 28.9 Å². The molecule has 2 aliphatic rings. The lowest BCUT2D eigenvalue weighted by atomic mass is 10.2. The molecule has 9 heteroatoms. The highest BCUT2D eigenvalue weighted by Crippen LogP contribution is 2.18. The Balaban J connectivity index is 1.41. The molecule has 0 aliphatic carbocycles. The van der Waals surface area contributed by atoms with E-state index in [2.05, 4.69) is 4.90 Å². The predicted molar refractivity (Wildman–Crippen MR) is 109 cm³/mol. The number of nitrogens with zero attached hydrogens (tertiary/aromatic N) is 3. The third-order valence-electron chi connectivity index (χ3n) is 4.91. The van der Waals surface area contributed by atoms with Crippen LogP contribution in [0.1, 0.15) is 20.8 Å². The molecular weight excluding hydrogens is 393 g/mol. The zero-order valence-corrected chi connectivity index (χ0v) is 17.8. The zero-order chi connectivity index (χ0) is 21.7. The van der Waals surface area contributed by atoms with Gasteiger partial charge >= 0.3 is 12.2 Å². The summed E-state index contributed by atoms with van der Waals surface area (Å²) in [7, 11) is 0. The van der Waals surface area contributed by atoms with Crippen molar-refractivity contribution >= 4 is 17.9 Å². The Morgan fingerprint density at radius 1 is 1.03 bits per heavy atom. The van der Waals surface area contributed by atoms with Crippen molar-refractivity contribution < 1.29 is 28.2 Å². The Morgan fingerprint density at radius 2 is 1.70 bits per heavy atom. The molecule has 2 saturated heterocycles. The maximum atomic E-state index is 13.1. The Morgan fingerprint density at radius 3 is 2.33 bits per heavy atom. The average Bonchev–Trinajstić information content (AvgIpc) is 2.72. The van der Waals surface area contributed by atoms with Crippen LogP contribution in [0.15, 0.2) is 24.3 Å². The third-order valence-corrected chi connectivity index (χ3v) is 4.91. The van der Waals surface area contributed by atoms with Gasteiger partial charge in [-0.05, 0) is 45.0 Å². The van der Waals surface area contributed by atoms with E-state index in [1.165, 1.54) is 12.1 Å². The van der Waals surface area contributed by atoms with E-state index in [-0.39, 0.29) is 24.6 Å². The number of morpholine rings is 1. The van der Waals surface area contributed by atoms with Gasteiger partial charge in [-0.15, -0.1) is 0 Å². The van der Waals surface area contributed by atoms with E-state index in [1.807, 2.05) is 20.8 Å². The Bertz CT molecular complexity index is 729. The second kappa shape index (κ2) is 9.51. The van der Waals surface area contributed by atoms with Gasteiger partial charge in [-0.2, -0.15) is 0 Å². The minimum atomic E-state index is -0.562. The predicted octanol–water partition coefficient (Wildman–Crippen LogP) is 2.72. The van der Waals surface area contributed by atoms with E-state index >= 15 is 0 Å². The Kier molecular flexibility index (Phi) is 7.02. The largest absolute Gasteiger partial charge is 0.447 e. The van der Waals surface area contributed by atoms with Gasteiger partial charge in [0.05, 0.1) is 13.2 Å². The van der Waals surface area contributed by atoms with Crippen LogP contribution in [0.4, 0.5) is 19.7 Å². The molecule has 3 rings (SSSR count). The Hall–Kier alpha value is -2.55. The van der Waals surface area contributed by atoms with Crippen LogP contribution in [0, 0.1) is 5.82 Å². The first kappa shape index (κ1) is 22.1. The molecule has 1 aromatic rings. The number of amides is 2. The fourth-order valence-electron chi connectivity index (χ4n) is 3.37. The molecule has 0 saturated carbocycles. The zero-order valence-electron chi connectivity index (χ0n) is 17.8. The lowest BCUT2D eigenvalue weighted by Crippen LogP contribution is -2.51. The first-order chi connectivity index (χ1) is 14.2. The molecule has 0 radical (unpaired) electrons. The molecule has 0 unspecified atom stereocenters. The standard InChI is InChI=1S/C21H30FN3O5/c1-21(2,3)30-20(27)25-12-13-28-18(14-25)15-29-19(26)24-10-8-23(9-11-24)17-6-4-16(22)5-7-17/h4-7,18H,8-15H2,1-3H3/t18-/m0/s1. The molecule has 1 atom stereocenters. The van der Waals surface area contributed by atoms with Crippen molar-refractivity contribution in [3.8, 4) is 0 Å². The molecule has 1 aromatic carbocycles. The van der Waals surface area contributed by atoms with Gasteiger partial charge in [-0.3, -0.25) is 0 Å². The van der Waals surface area contributed by atoms with Crippen LogP contribution in [-0.4, -0.2) is 86.2 Å². The lowest BCUT2D eigenvalue weighted by Gasteiger charge is -2.36. The normalized spacial score (nSPS) is 20.1. The lowest BCUT2D eigenvalue weighted by molar-refractivity contribution is -0.0638. The summed E-state index contributed by atoms with van der Waals surface area (Å²) in [5.41, 5.74) is 0.371. The molecule has 0 bridgehead atoms. The summed E-state index contributed by atoms with van der Waals surface area (Å²) in [6, 6.07) is 6.34. The van der Waals surface area contributed by atoms with E-state index in [0.29, 0.717) is 45.9 Å². The maximum absolute atomic E-state index is 13.1. The first-order valence-corrected chi connectivity index (χ1v) is 10.2. The molecule has 8 nitrogen and oxygen atoms in total. The maximum Gasteiger partial charge on any atom is 0.410 e. The van der Waals surface area contributed by atoms with E-state index in [9.17, 15) is 14.0 Å². The summed E-state index contributed by atoms with van der Waals surface area (Å²) in [4.78, 5) is 30.0. The summed E-state index contributed by atoms with van der Waals surface area (Å²) in [6.07, 6.45) is -1.17. The number of rotatable bonds is 3. The minimum Gasteiger partial charge on any atom is -0.447 e. The quantitative estimate of drug-likeness (QED) is 0.745. The van der Waals surface area contributed by atoms with E-state index < -0.39 is 11.7 Å². The minimum absolute atomic E-state index is 0.0797. The topological polar surface area (TPSA) is 71.5 Å². The van der Waals surface area contributed by atoms with Gasteiger partial charge in [0.25, 0.3) is 0 Å². The molecule has 2 heterocycles. The van der Waals surface area contributed by atoms with E-state index in [1.54, 1.807) is 21.9 Å². The number of halogens is 1. The summed E-state index contributed by atoms with van der Waals surface area (Å²) in [5, 5.41) is 0. The van der Waals surface area contributed by atoms with Gasteiger partial charge in [-0.1, -0.05) is 0 Å². The molecule has 2 aliphatic heterocycles. The Labute approximate surface area is 176 Å². The molecule has 30 heavy (non-hydrogen) atoms.